The molecular weight excluding hydrogens is 1530 g/mol. The molecule has 3 heteroatoms. The fourth-order valence-electron chi connectivity index (χ4n) is 14.4. The van der Waals surface area contributed by atoms with Crippen LogP contribution in [0, 0.1) is 48.5 Å². The van der Waals surface area contributed by atoms with Crippen molar-refractivity contribution in [1.82, 2.24) is 14.5 Å². The lowest BCUT2D eigenvalue weighted by Gasteiger charge is -2.04. The molecule has 0 saturated heterocycles. The van der Waals surface area contributed by atoms with Gasteiger partial charge in [0.2, 0.25) is 0 Å². The lowest BCUT2D eigenvalue weighted by atomic mass is 10.0. The van der Waals surface area contributed by atoms with E-state index < -0.39 is 0 Å². The first-order valence-corrected chi connectivity index (χ1v) is 48.7. The molecule has 3 nitrogen and oxygen atoms in total. The van der Waals surface area contributed by atoms with Gasteiger partial charge >= 0.3 is 0 Å². The largest absolute Gasteiger partial charge is 0.344 e. The molecule has 0 aliphatic heterocycles. The number of hydrogen-bond donors (Lipinski definition) is 0. The van der Waals surface area contributed by atoms with Gasteiger partial charge in [0.25, 0.3) is 0 Å². The molecule has 0 saturated carbocycles. The summed E-state index contributed by atoms with van der Waals surface area (Å²) in [5.74, 6) is 0. The van der Waals surface area contributed by atoms with Crippen molar-refractivity contribution >= 4 is 43.4 Å². The SMILES string of the molecule is CC.CC.CC.CC.CC.CC.CC.CC.CC.CC.CC.CC.CC.CC.Cc1ccc2c(c1)-c1ccccc1C2.Cc1ccc2c(c1)Cc1ccccc1-2.Cc1ccc2c(ccc3ccccc32)c1.Cc1cccc2c1-c1ccccc1C2.Cc1cccc2c1Cc1ccccc1-2.Cc1ccccn1.Cc1cccnc1.Cn1c2ccccc2c2ccccc21. The van der Waals surface area contributed by atoms with Crippen LogP contribution in [0.25, 0.3) is 87.9 Å². The lowest BCUT2D eigenvalue weighted by Crippen LogP contribution is -1.84. The topological polar surface area (TPSA) is 30.7 Å². The quantitative estimate of drug-likeness (QED) is 0.142. The molecule has 0 atom stereocenters. The van der Waals surface area contributed by atoms with E-state index in [-0.39, 0.29) is 0 Å². The molecule has 0 spiro atoms. The molecule has 16 aromatic rings. The van der Waals surface area contributed by atoms with Crippen molar-refractivity contribution in [2.75, 3.05) is 0 Å². The highest BCUT2D eigenvalue weighted by Crippen LogP contribution is 2.41. The molecule has 4 aliphatic carbocycles. The predicted molar refractivity (Wildman–Crippen MR) is 581 cm³/mol. The Morgan fingerprint density at radius 1 is 0.220 bits per heavy atom. The summed E-state index contributed by atoms with van der Waals surface area (Å²) in [4.78, 5) is 7.86. The zero-order chi connectivity index (χ0) is 96.2. The number of rotatable bonds is 0. The monoisotopic (exact) mass is 1700 g/mol. The Morgan fingerprint density at radius 3 is 1.09 bits per heavy atom. The number of para-hydroxylation sites is 2. The van der Waals surface area contributed by atoms with Crippen LogP contribution in [0.2, 0.25) is 0 Å². The van der Waals surface area contributed by atoms with Crippen LogP contribution in [-0.4, -0.2) is 14.5 Å². The number of aromatic nitrogens is 3. The first kappa shape index (κ1) is 118. The van der Waals surface area contributed by atoms with Gasteiger partial charge in [-0.25, -0.2) is 0 Å². The van der Waals surface area contributed by atoms with E-state index in [1.54, 1.807) is 12.4 Å². The Morgan fingerprint density at radius 2 is 0.591 bits per heavy atom. The van der Waals surface area contributed by atoms with Crippen LogP contribution < -0.4 is 0 Å². The number of pyridine rings is 2. The summed E-state index contributed by atoms with van der Waals surface area (Å²) >= 11 is 0. The van der Waals surface area contributed by atoms with Crippen molar-refractivity contribution in [2.45, 2.75) is 268 Å². The number of fused-ring (bicyclic) bond motifs is 18. The van der Waals surface area contributed by atoms with Gasteiger partial charge in [0.05, 0.1) is 0 Å². The van der Waals surface area contributed by atoms with Crippen LogP contribution in [0.5, 0.6) is 0 Å². The fraction of sp³-hybridized carbons (Fsp3) is 0.323. The van der Waals surface area contributed by atoms with Crippen molar-refractivity contribution in [3.63, 3.8) is 0 Å². The Bertz CT molecular complexity index is 5380. The first-order valence-electron chi connectivity index (χ1n) is 48.7. The van der Waals surface area contributed by atoms with Gasteiger partial charge in [0.1, 0.15) is 0 Å². The summed E-state index contributed by atoms with van der Waals surface area (Å²) in [5.41, 5.74) is 35.0. The van der Waals surface area contributed by atoms with Crippen molar-refractivity contribution in [3.8, 4) is 44.5 Å². The van der Waals surface area contributed by atoms with Crippen molar-refractivity contribution in [3.05, 3.63) is 405 Å². The van der Waals surface area contributed by atoms with E-state index in [0.29, 0.717) is 0 Å². The molecule has 20 rings (SSSR count). The van der Waals surface area contributed by atoms with E-state index in [9.17, 15) is 0 Å². The number of nitrogens with zero attached hydrogens (tertiary/aromatic N) is 3. The number of hydrogen-bond acceptors (Lipinski definition) is 2. The molecule has 0 bridgehead atoms. The Hall–Kier alpha value is -11.5. The maximum absolute atomic E-state index is 3.98. The second kappa shape index (κ2) is 71.6. The Balaban J connectivity index is 0. The normalized spacial score (nSPS) is 9.61. The van der Waals surface area contributed by atoms with Gasteiger partial charge in [-0.3, -0.25) is 9.97 Å². The highest BCUT2D eigenvalue weighted by molar-refractivity contribution is 6.08. The molecule has 0 amide bonds. The van der Waals surface area contributed by atoms with Crippen LogP contribution in [0.3, 0.4) is 0 Å². The van der Waals surface area contributed by atoms with Crippen LogP contribution in [0.15, 0.2) is 322 Å². The average Bonchev–Trinajstić information content (AvgIpc) is 1.70. The van der Waals surface area contributed by atoms with E-state index in [0.717, 1.165) is 31.4 Å². The molecule has 13 aromatic carbocycles. The average molecular weight is 1700 g/mol. The lowest BCUT2D eigenvalue weighted by molar-refractivity contribution is 1.01. The smallest absolute Gasteiger partial charge is 0.0488 e. The van der Waals surface area contributed by atoms with Gasteiger partial charge in [-0.2, -0.15) is 0 Å². The fourth-order valence-corrected chi connectivity index (χ4v) is 14.4. The predicted octanol–water partition coefficient (Wildman–Crippen LogP) is 39.0. The van der Waals surface area contributed by atoms with E-state index in [1.807, 2.05) is 244 Å². The van der Waals surface area contributed by atoms with Crippen LogP contribution in [-0.2, 0) is 32.7 Å². The molecule has 0 fully saturated rings. The van der Waals surface area contributed by atoms with Gasteiger partial charge in [-0.1, -0.05) is 484 Å². The maximum atomic E-state index is 3.98. The second-order valence-electron chi connectivity index (χ2n) is 26.5. The molecule has 680 valence electrons. The minimum atomic E-state index is 1.07. The third kappa shape index (κ3) is 35.7. The van der Waals surface area contributed by atoms with Crippen molar-refractivity contribution in [1.29, 1.82) is 0 Å². The standard InChI is InChI=1S/C15H12.4C14H12.C13H11N.2C6H7N.14C2H6/c1-11-6-9-15-13(10-11)8-7-12-4-2-3-5-14(12)15;1-10-5-4-7-12-9-11-6-2-3-8-13(11)14(10)12;1-10-5-4-8-13-12-7-3-2-6-11(12)9-14(10)13;1-10-6-7-14-12(8-10)9-11-4-2-3-5-13(11)14;1-10-6-7-12-9-11-4-2-3-5-13(11)14(12)8-10;1-14-12-8-4-2-6-10(12)11-7-3-5-9-13(11)14;1-6-3-2-4-7-5-6;1-6-4-2-3-5-7-6;14*1-2/h2-10H,1H3;4*2-8H,9H2,1H3;2-9H,1H3;2*2-5H,1H3;14*1-2H3. The molecule has 3 aromatic heterocycles. The van der Waals surface area contributed by atoms with E-state index in [4.69, 9.17) is 0 Å². The molecule has 0 radical (unpaired) electrons. The summed E-state index contributed by atoms with van der Waals surface area (Å²) in [6.07, 6.45) is 9.81. The number of aryl methyl sites for hydroxylation is 8. The Labute approximate surface area is 777 Å². The van der Waals surface area contributed by atoms with Crippen LogP contribution in [0.4, 0.5) is 0 Å². The molecule has 0 unspecified atom stereocenters. The molecule has 3 heterocycles. The van der Waals surface area contributed by atoms with E-state index in [1.165, 1.54) is 166 Å². The zero-order valence-corrected chi connectivity index (χ0v) is 86.3. The van der Waals surface area contributed by atoms with Gasteiger partial charge in [-0.15, -0.1) is 0 Å². The first-order chi connectivity index (χ1) is 62.4. The maximum Gasteiger partial charge on any atom is 0.0488 e. The summed E-state index contributed by atoms with van der Waals surface area (Å²) in [6.45, 7) is 70.8. The summed E-state index contributed by atoms with van der Waals surface area (Å²) < 4.78 is 2.24. The van der Waals surface area contributed by atoms with Gasteiger partial charge in [0.15, 0.2) is 0 Å². The summed E-state index contributed by atoms with van der Waals surface area (Å²) in [7, 11) is 2.12. The van der Waals surface area contributed by atoms with Gasteiger partial charge in [-0.05, 0) is 232 Å². The van der Waals surface area contributed by atoms with E-state index >= 15 is 0 Å². The highest BCUT2D eigenvalue weighted by Gasteiger charge is 2.21. The molecule has 127 heavy (non-hydrogen) atoms. The second-order valence-corrected chi connectivity index (χ2v) is 26.5. The summed E-state index contributed by atoms with van der Waals surface area (Å²) in [6, 6.07) is 108. The van der Waals surface area contributed by atoms with Crippen LogP contribution >= 0.6 is 0 Å². The van der Waals surface area contributed by atoms with Crippen LogP contribution in [0.1, 0.15) is 277 Å². The highest BCUT2D eigenvalue weighted by atomic mass is 14.9. The number of benzene rings is 13. The van der Waals surface area contributed by atoms with Crippen molar-refractivity contribution in [2.24, 2.45) is 7.05 Å². The van der Waals surface area contributed by atoms with Crippen molar-refractivity contribution < 1.29 is 0 Å². The molecular formula is C124H169N3. The minimum Gasteiger partial charge on any atom is -0.344 e. The molecule has 0 N–H and O–H groups in total. The third-order valence-corrected chi connectivity index (χ3v) is 19.4. The zero-order valence-electron chi connectivity index (χ0n) is 86.3. The van der Waals surface area contributed by atoms with Gasteiger partial charge in [0, 0.05) is 53.1 Å². The van der Waals surface area contributed by atoms with E-state index in [2.05, 4.69) is 329 Å². The summed E-state index contributed by atoms with van der Waals surface area (Å²) in [5, 5.41) is 8.01. The Kier molecular flexibility index (Phi) is 66.3. The third-order valence-electron chi connectivity index (χ3n) is 19.4. The minimum absolute atomic E-state index is 1.07. The van der Waals surface area contributed by atoms with Gasteiger partial charge < -0.3 is 4.57 Å². The molecule has 4 aliphatic rings.